The van der Waals surface area contributed by atoms with Crippen molar-refractivity contribution in [3.05, 3.63) is 0 Å². The number of hydrogen-bond donors (Lipinski definition) is 2. The lowest BCUT2D eigenvalue weighted by Crippen LogP contribution is -2.17. The summed E-state index contributed by atoms with van der Waals surface area (Å²) >= 11 is 10.7. The minimum atomic E-state index is -0.596. The van der Waals surface area contributed by atoms with Crippen molar-refractivity contribution in [3.63, 3.8) is 0 Å². The average molecular weight is 173 g/mol. The highest BCUT2D eigenvalue weighted by Crippen LogP contribution is 2.05. The Hall–Kier alpha value is 0.500. The maximum atomic E-state index is 8.83. The molecule has 9 heavy (non-hydrogen) atoms. The molecule has 2 atom stereocenters. The molecule has 0 fully saturated rings. The highest BCUT2D eigenvalue weighted by molar-refractivity contribution is 6.21. The van der Waals surface area contributed by atoms with Gasteiger partial charge >= 0.3 is 0 Å². The van der Waals surface area contributed by atoms with E-state index in [0.717, 1.165) is 0 Å². The summed E-state index contributed by atoms with van der Waals surface area (Å²) in [7, 11) is 0. The van der Waals surface area contributed by atoms with Gasteiger partial charge in [-0.1, -0.05) is 0 Å². The maximum Gasteiger partial charge on any atom is 0.0690 e. The first-order valence-corrected chi connectivity index (χ1v) is 3.66. The van der Waals surface area contributed by atoms with E-state index in [0.29, 0.717) is 6.42 Å². The van der Waals surface area contributed by atoms with Crippen LogP contribution in [0.25, 0.3) is 0 Å². The molecule has 0 spiro atoms. The fourth-order valence-corrected chi connectivity index (χ4v) is 0.764. The Bertz CT molecular complexity index is 62.0. The van der Waals surface area contributed by atoms with Crippen molar-refractivity contribution in [2.75, 3.05) is 12.5 Å². The Balaban J connectivity index is 3.22. The SMILES string of the molecule is OCC(Cl)CC(O)CCl. The fraction of sp³-hybridized carbons (Fsp3) is 1.00. The normalized spacial score (nSPS) is 17.3. The Morgan fingerprint density at radius 1 is 1.44 bits per heavy atom. The van der Waals surface area contributed by atoms with Crippen LogP contribution in [0.5, 0.6) is 0 Å². The molecule has 0 aliphatic rings. The largest absolute Gasteiger partial charge is 0.395 e. The van der Waals surface area contributed by atoms with Gasteiger partial charge in [-0.2, -0.15) is 0 Å². The molecule has 0 aromatic carbocycles. The number of aliphatic hydroxyl groups excluding tert-OH is 2. The summed E-state index contributed by atoms with van der Waals surface area (Å²) in [5, 5.41) is 16.8. The highest BCUT2D eigenvalue weighted by atomic mass is 35.5. The molecule has 0 heterocycles. The van der Waals surface area contributed by atoms with Gasteiger partial charge < -0.3 is 10.2 Å². The Labute approximate surface area is 64.4 Å². The van der Waals surface area contributed by atoms with Gasteiger partial charge in [0, 0.05) is 5.88 Å². The molecule has 0 aliphatic carbocycles. The van der Waals surface area contributed by atoms with Crippen LogP contribution >= 0.6 is 23.2 Å². The van der Waals surface area contributed by atoms with E-state index in [2.05, 4.69) is 0 Å². The van der Waals surface area contributed by atoms with Crippen LogP contribution in [0.4, 0.5) is 0 Å². The zero-order valence-corrected chi connectivity index (χ0v) is 6.44. The molecule has 0 bridgehead atoms. The lowest BCUT2D eigenvalue weighted by molar-refractivity contribution is 0.172. The fourth-order valence-electron chi connectivity index (χ4n) is 0.433. The van der Waals surface area contributed by atoms with Crippen LogP contribution in [-0.2, 0) is 0 Å². The van der Waals surface area contributed by atoms with Gasteiger partial charge in [-0.15, -0.1) is 23.2 Å². The molecule has 0 amide bonds. The number of alkyl halides is 2. The molecule has 0 aliphatic heterocycles. The average Bonchev–Trinajstić information content (AvgIpc) is 1.87. The number of halogens is 2. The molecule has 2 nitrogen and oxygen atoms in total. The summed E-state index contributed by atoms with van der Waals surface area (Å²) in [6.07, 6.45) is -0.247. The first-order chi connectivity index (χ1) is 4.20. The minimum absolute atomic E-state index is 0.116. The molecule has 2 N–H and O–H groups in total. The van der Waals surface area contributed by atoms with Crippen LogP contribution in [0.3, 0.4) is 0 Å². The molecule has 56 valence electrons. The second kappa shape index (κ2) is 5.30. The van der Waals surface area contributed by atoms with Crippen LogP contribution < -0.4 is 0 Å². The third-order valence-electron chi connectivity index (χ3n) is 0.904. The first-order valence-electron chi connectivity index (χ1n) is 2.69. The predicted molar refractivity (Wildman–Crippen MR) is 38.1 cm³/mol. The Morgan fingerprint density at radius 3 is 2.33 bits per heavy atom. The monoisotopic (exact) mass is 172 g/mol. The lowest BCUT2D eigenvalue weighted by Gasteiger charge is -2.08. The van der Waals surface area contributed by atoms with Crippen LogP contribution in [0.2, 0.25) is 0 Å². The first kappa shape index (κ1) is 9.50. The molecular weight excluding hydrogens is 163 g/mol. The molecule has 4 heteroatoms. The van der Waals surface area contributed by atoms with Gasteiger partial charge in [-0.25, -0.2) is 0 Å². The van der Waals surface area contributed by atoms with Gasteiger partial charge in [0.2, 0.25) is 0 Å². The van der Waals surface area contributed by atoms with Crippen LogP contribution in [-0.4, -0.2) is 34.2 Å². The van der Waals surface area contributed by atoms with Crippen LogP contribution in [0.15, 0.2) is 0 Å². The Morgan fingerprint density at radius 2 is 2.00 bits per heavy atom. The van der Waals surface area contributed by atoms with E-state index in [4.69, 9.17) is 33.4 Å². The van der Waals surface area contributed by atoms with E-state index < -0.39 is 6.10 Å². The van der Waals surface area contributed by atoms with Gasteiger partial charge in [0.15, 0.2) is 0 Å². The molecule has 0 aromatic heterocycles. The van der Waals surface area contributed by atoms with Crippen molar-refractivity contribution in [3.8, 4) is 0 Å². The van der Waals surface area contributed by atoms with Gasteiger partial charge in [0.1, 0.15) is 0 Å². The van der Waals surface area contributed by atoms with Gasteiger partial charge in [0.05, 0.1) is 18.1 Å². The highest BCUT2D eigenvalue weighted by Gasteiger charge is 2.08. The van der Waals surface area contributed by atoms with Crippen LogP contribution in [0.1, 0.15) is 6.42 Å². The second-order valence-electron chi connectivity index (χ2n) is 1.82. The molecule has 0 radical (unpaired) electrons. The van der Waals surface area contributed by atoms with Crippen molar-refractivity contribution in [1.82, 2.24) is 0 Å². The van der Waals surface area contributed by atoms with E-state index >= 15 is 0 Å². The van der Waals surface area contributed by atoms with Gasteiger partial charge in [-0.05, 0) is 6.42 Å². The quantitative estimate of drug-likeness (QED) is 0.610. The van der Waals surface area contributed by atoms with E-state index in [9.17, 15) is 0 Å². The summed E-state index contributed by atoms with van der Waals surface area (Å²) in [6, 6.07) is 0. The van der Waals surface area contributed by atoms with Crippen molar-refractivity contribution in [2.24, 2.45) is 0 Å². The minimum Gasteiger partial charge on any atom is -0.395 e. The lowest BCUT2D eigenvalue weighted by atomic mass is 10.2. The van der Waals surface area contributed by atoms with E-state index in [1.807, 2.05) is 0 Å². The topological polar surface area (TPSA) is 40.5 Å². The third kappa shape index (κ3) is 4.97. The second-order valence-corrected chi connectivity index (χ2v) is 2.75. The van der Waals surface area contributed by atoms with Gasteiger partial charge in [-0.3, -0.25) is 0 Å². The number of aliphatic hydroxyl groups is 2. The maximum absolute atomic E-state index is 8.83. The standard InChI is InChI=1S/C5H10Cl2O2/c6-2-5(9)1-4(7)3-8/h4-5,8-9H,1-3H2. The molecule has 2 unspecified atom stereocenters. The number of rotatable bonds is 4. The molecule has 0 saturated carbocycles. The zero-order chi connectivity index (χ0) is 7.28. The van der Waals surface area contributed by atoms with E-state index in [1.165, 1.54) is 0 Å². The molecule has 0 rings (SSSR count). The summed E-state index contributed by atoms with van der Waals surface area (Å²) in [6.45, 7) is -0.116. The summed E-state index contributed by atoms with van der Waals surface area (Å²) in [5.74, 6) is 0.170. The zero-order valence-electron chi connectivity index (χ0n) is 4.93. The molecule has 0 aromatic rings. The van der Waals surface area contributed by atoms with Crippen molar-refractivity contribution in [2.45, 2.75) is 17.9 Å². The van der Waals surface area contributed by atoms with E-state index in [1.54, 1.807) is 0 Å². The summed E-state index contributed by atoms with van der Waals surface area (Å²) in [4.78, 5) is 0. The molecular formula is C5H10Cl2O2. The van der Waals surface area contributed by atoms with Gasteiger partial charge in [0.25, 0.3) is 0 Å². The van der Waals surface area contributed by atoms with Crippen LogP contribution in [0, 0.1) is 0 Å². The number of hydrogen-bond acceptors (Lipinski definition) is 2. The van der Waals surface area contributed by atoms with Crippen molar-refractivity contribution < 1.29 is 10.2 Å². The van der Waals surface area contributed by atoms with Crippen molar-refractivity contribution in [1.29, 1.82) is 0 Å². The van der Waals surface area contributed by atoms with Crippen molar-refractivity contribution >= 4 is 23.2 Å². The summed E-state index contributed by atoms with van der Waals surface area (Å²) in [5.41, 5.74) is 0. The van der Waals surface area contributed by atoms with E-state index in [-0.39, 0.29) is 17.9 Å². The summed E-state index contributed by atoms with van der Waals surface area (Å²) < 4.78 is 0. The predicted octanol–water partition coefficient (Wildman–Crippen LogP) is 0.576. The molecule has 0 saturated heterocycles. The Kier molecular flexibility index (Phi) is 5.59. The smallest absolute Gasteiger partial charge is 0.0690 e. The third-order valence-corrected chi connectivity index (χ3v) is 1.58.